The van der Waals surface area contributed by atoms with Crippen LogP contribution < -0.4 is 4.74 Å². The number of fused-ring (bicyclic) bond motifs is 1. The summed E-state index contributed by atoms with van der Waals surface area (Å²) >= 11 is 0. The lowest BCUT2D eigenvalue weighted by molar-refractivity contribution is 0.0270. The Morgan fingerprint density at radius 3 is 2.57 bits per heavy atom. The zero-order valence-corrected chi connectivity index (χ0v) is 16.4. The summed E-state index contributed by atoms with van der Waals surface area (Å²) in [4.78, 5) is 33.8. The quantitative estimate of drug-likeness (QED) is 0.864. The molecule has 28 heavy (non-hydrogen) atoms. The van der Waals surface area contributed by atoms with E-state index in [0.29, 0.717) is 30.4 Å². The Morgan fingerprint density at radius 2 is 2.00 bits per heavy atom. The molecule has 148 valence electrons. The molecule has 1 aromatic carbocycles. The topological polar surface area (TPSA) is 102 Å². The van der Waals surface area contributed by atoms with Crippen molar-refractivity contribution in [1.29, 1.82) is 0 Å². The number of aromatic nitrogens is 2. The van der Waals surface area contributed by atoms with E-state index in [1.54, 1.807) is 17.2 Å². The molecule has 8 nitrogen and oxygen atoms in total. The van der Waals surface area contributed by atoms with Crippen molar-refractivity contribution in [2.24, 2.45) is 0 Å². The van der Waals surface area contributed by atoms with E-state index in [9.17, 15) is 14.7 Å². The summed E-state index contributed by atoms with van der Waals surface area (Å²) in [5.41, 5.74) is 1.74. The van der Waals surface area contributed by atoms with Crippen LogP contribution >= 0.6 is 0 Å². The van der Waals surface area contributed by atoms with Crippen molar-refractivity contribution in [2.75, 3.05) is 20.2 Å². The maximum Gasteiger partial charge on any atom is 0.410 e. The first-order chi connectivity index (χ1) is 13.2. The van der Waals surface area contributed by atoms with Crippen molar-refractivity contribution in [3.05, 3.63) is 35.5 Å². The molecule has 1 aliphatic rings. The number of carbonyl (C=O) groups excluding carboxylic acids is 1. The minimum absolute atomic E-state index is 0.0891. The van der Waals surface area contributed by atoms with Gasteiger partial charge in [-0.2, -0.15) is 4.98 Å². The number of amides is 1. The summed E-state index contributed by atoms with van der Waals surface area (Å²) in [6.07, 6.45) is 3.80. The van der Waals surface area contributed by atoms with Crippen LogP contribution in [0.15, 0.2) is 24.4 Å². The molecule has 8 heteroatoms. The summed E-state index contributed by atoms with van der Waals surface area (Å²) in [6, 6.07) is 3.41. The van der Waals surface area contributed by atoms with Gasteiger partial charge in [0.25, 0.3) is 0 Å². The van der Waals surface area contributed by atoms with E-state index < -0.39 is 11.6 Å². The minimum atomic E-state index is -1.06. The highest BCUT2D eigenvalue weighted by atomic mass is 16.6. The first kappa shape index (κ1) is 19.6. The van der Waals surface area contributed by atoms with Crippen LogP contribution in [0.2, 0.25) is 0 Å². The Balaban J connectivity index is 1.93. The molecular formula is C20H23N3O5. The summed E-state index contributed by atoms with van der Waals surface area (Å²) in [6.45, 7) is 6.44. The number of hydrogen-bond donors (Lipinski definition) is 1. The third kappa shape index (κ3) is 4.05. The van der Waals surface area contributed by atoms with Crippen molar-refractivity contribution in [1.82, 2.24) is 14.9 Å². The number of carboxylic acids is 1. The van der Waals surface area contributed by atoms with Gasteiger partial charge in [0.15, 0.2) is 0 Å². The number of aromatic carboxylic acids is 1. The first-order valence-electron chi connectivity index (χ1n) is 8.94. The second-order valence-corrected chi connectivity index (χ2v) is 7.49. The molecule has 1 N–H and O–H groups in total. The van der Waals surface area contributed by atoms with E-state index in [2.05, 4.69) is 9.97 Å². The molecule has 2 heterocycles. The molecule has 0 unspecified atom stereocenters. The molecular weight excluding hydrogens is 362 g/mol. The summed E-state index contributed by atoms with van der Waals surface area (Å²) in [5.74, 6) is -1.06. The Kier molecular flexibility index (Phi) is 5.22. The number of ether oxygens (including phenoxy) is 2. The number of carboxylic acid groups (broad SMARTS) is 1. The number of hydrogen-bond acceptors (Lipinski definition) is 6. The third-order valence-electron chi connectivity index (χ3n) is 4.35. The van der Waals surface area contributed by atoms with Gasteiger partial charge in [0.1, 0.15) is 5.60 Å². The average Bonchev–Trinajstić information content (AvgIpc) is 2.65. The van der Waals surface area contributed by atoms with Gasteiger partial charge >= 0.3 is 18.1 Å². The lowest BCUT2D eigenvalue weighted by Crippen LogP contribution is -2.39. The molecule has 0 bridgehead atoms. The van der Waals surface area contributed by atoms with Gasteiger partial charge in [-0.05, 0) is 44.4 Å². The second-order valence-electron chi connectivity index (χ2n) is 7.49. The van der Waals surface area contributed by atoms with Crippen molar-refractivity contribution in [3.63, 3.8) is 0 Å². The largest absolute Gasteiger partial charge is 0.478 e. The highest BCUT2D eigenvalue weighted by molar-refractivity contribution is 6.05. The molecule has 0 aliphatic carbocycles. The highest BCUT2D eigenvalue weighted by Crippen LogP contribution is 2.31. The van der Waals surface area contributed by atoms with Crippen LogP contribution in [0.1, 0.15) is 43.1 Å². The van der Waals surface area contributed by atoms with Gasteiger partial charge in [-0.1, -0.05) is 12.1 Å². The lowest BCUT2D eigenvalue weighted by Gasteiger charge is -2.29. The van der Waals surface area contributed by atoms with Gasteiger partial charge < -0.3 is 19.5 Å². The first-order valence-corrected chi connectivity index (χ1v) is 8.94. The molecule has 0 fully saturated rings. The number of nitrogens with zero attached hydrogens (tertiary/aromatic N) is 3. The average molecular weight is 385 g/mol. The van der Waals surface area contributed by atoms with E-state index in [0.717, 1.165) is 11.1 Å². The van der Waals surface area contributed by atoms with Crippen LogP contribution in [0.25, 0.3) is 16.5 Å². The maximum absolute atomic E-state index is 12.2. The molecule has 0 saturated heterocycles. The van der Waals surface area contributed by atoms with Crippen molar-refractivity contribution < 1.29 is 24.2 Å². The second kappa shape index (κ2) is 7.46. The number of rotatable bonds is 3. The number of methoxy groups -OCH3 is 1. The number of carbonyl (C=O) groups is 2. The molecule has 1 amide bonds. The third-order valence-corrected chi connectivity index (χ3v) is 4.35. The molecule has 1 aromatic heterocycles. The fourth-order valence-electron chi connectivity index (χ4n) is 3.06. The Labute approximate surface area is 162 Å². The standard InChI is InChI=1S/C20H23N3O5/c1-20(2,3)28-19(26)23-9-7-12(8-10-23)13-5-6-14(17(24)25)16-15(13)11-21-18(22-16)27-4/h5-7,11H,8-10H2,1-4H3,(H,24,25). The molecule has 3 rings (SSSR count). The van der Waals surface area contributed by atoms with Gasteiger partial charge in [-0.3, -0.25) is 0 Å². The predicted molar refractivity (Wildman–Crippen MR) is 103 cm³/mol. The summed E-state index contributed by atoms with van der Waals surface area (Å²) < 4.78 is 10.4. The predicted octanol–water partition coefficient (Wildman–Crippen LogP) is 3.36. The zero-order valence-electron chi connectivity index (χ0n) is 16.4. The summed E-state index contributed by atoms with van der Waals surface area (Å²) in [5, 5.41) is 10.1. The zero-order chi connectivity index (χ0) is 20.5. The Morgan fingerprint density at radius 1 is 1.25 bits per heavy atom. The van der Waals surface area contributed by atoms with Gasteiger partial charge in [-0.25, -0.2) is 14.6 Å². The fourth-order valence-corrected chi connectivity index (χ4v) is 3.06. The molecule has 0 spiro atoms. The summed E-state index contributed by atoms with van der Waals surface area (Å²) in [7, 11) is 1.43. The van der Waals surface area contributed by atoms with Crippen LogP contribution in [-0.4, -0.2) is 57.8 Å². The van der Waals surface area contributed by atoms with Crippen LogP contribution in [0.3, 0.4) is 0 Å². The SMILES string of the molecule is COc1ncc2c(C3=CCN(C(=O)OC(C)(C)C)CC3)ccc(C(=O)O)c2n1. The van der Waals surface area contributed by atoms with Crippen LogP contribution in [0.5, 0.6) is 6.01 Å². The van der Waals surface area contributed by atoms with Crippen LogP contribution in [-0.2, 0) is 4.74 Å². The van der Waals surface area contributed by atoms with Crippen molar-refractivity contribution in [2.45, 2.75) is 32.8 Å². The van der Waals surface area contributed by atoms with E-state index in [1.807, 2.05) is 26.8 Å². The van der Waals surface area contributed by atoms with Gasteiger partial charge in [0.05, 0.1) is 18.2 Å². The highest BCUT2D eigenvalue weighted by Gasteiger charge is 2.25. The van der Waals surface area contributed by atoms with E-state index in [4.69, 9.17) is 9.47 Å². The molecule has 0 radical (unpaired) electrons. The minimum Gasteiger partial charge on any atom is -0.478 e. The van der Waals surface area contributed by atoms with Crippen molar-refractivity contribution in [3.8, 4) is 6.01 Å². The van der Waals surface area contributed by atoms with Crippen LogP contribution in [0.4, 0.5) is 4.79 Å². The Hall–Kier alpha value is -3.16. The molecule has 0 atom stereocenters. The van der Waals surface area contributed by atoms with E-state index in [-0.39, 0.29) is 17.7 Å². The van der Waals surface area contributed by atoms with Gasteiger partial charge in [0, 0.05) is 24.7 Å². The Bertz CT molecular complexity index is 962. The normalized spacial score (nSPS) is 14.6. The van der Waals surface area contributed by atoms with E-state index in [1.165, 1.54) is 13.2 Å². The monoisotopic (exact) mass is 385 g/mol. The number of benzene rings is 1. The van der Waals surface area contributed by atoms with Gasteiger partial charge in [0.2, 0.25) is 0 Å². The smallest absolute Gasteiger partial charge is 0.410 e. The van der Waals surface area contributed by atoms with Gasteiger partial charge in [-0.15, -0.1) is 0 Å². The van der Waals surface area contributed by atoms with Crippen molar-refractivity contribution >= 4 is 28.5 Å². The van der Waals surface area contributed by atoms with E-state index >= 15 is 0 Å². The van der Waals surface area contributed by atoms with Crippen LogP contribution in [0, 0.1) is 0 Å². The molecule has 1 aliphatic heterocycles. The fraction of sp³-hybridized carbons (Fsp3) is 0.400. The molecule has 0 saturated carbocycles. The lowest BCUT2D eigenvalue weighted by atomic mass is 9.94. The molecule has 2 aromatic rings. The maximum atomic E-state index is 12.2.